The fourth-order valence-corrected chi connectivity index (χ4v) is 4.02. The highest BCUT2D eigenvalue weighted by atomic mass is 32.1. The maximum absolute atomic E-state index is 5.67. The Balaban J connectivity index is 1.74. The lowest BCUT2D eigenvalue weighted by Gasteiger charge is -2.22. The minimum atomic E-state index is 0.596. The molecule has 0 saturated carbocycles. The fraction of sp³-hybridized carbons (Fsp3) is 0.417. The number of aromatic nitrogens is 1. The summed E-state index contributed by atoms with van der Waals surface area (Å²) in [5, 5.41) is 2.84. The van der Waals surface area contributed by atoms with E-state index in [1.54, 1.807) is 11.3 Å². The number of hydrogen-bond acceptors (Lipinski definition) is 5. The summed E-state index contributed by atoms with van der Waals surface area (Å²) in [5.41, 5.74) is 5.67. The predicted molar refractivity (Wildman–Crippen MR) is 73.2 cm³/mol. The van der Waals surface area contributed by atoms with Gasteiger partial charge >= 0.3 is 0 Å². The summed E-state index contributed by atoms with van der Waals surface area (Å²) in [7, 11) is 0. The molecular weight excluding hydrogens is 250 g/mol. The maximum Gasteiger partial charge on any atom is 0.180 e. The van der Waals surface area contributed by atoms with Gasteiger partial charge in [-0.3, -0.25) is 4.90 Å². The van der Waals surface area contributed by atoms with E-state index in [2.05, 4.69) is 27.4 Å². The second kappa shape index (κ2) is 4.76. The van der Waals surface area contributed by atoms with Crippen molar-refractivity contribution in [1.29, 1.82) is 0 Å². The molecule has 90 valence electrons. The van der Waals surface area contributed by atoms with Gasteiger partial charge in [0.2, 0.25) is 0 Å². The van der Waals surface area contributed by atoms with E-state index in [1.165, 1.54) is 29.1 Å². The normalized spacial score (nSPS) is 21.1. The Morgan fingerprint density at radius 2 is 2.47 bits per heavy atom. The molecule has 0 radical (unpaired) electrons. The van der Waals surface area contributed by atoms with E-state index < -0.39 is 0 Å². The van der Waals surface area contributed by atoms with Crippen molar-refractivity contribution in [2.24, 2.45) is 0 Å². The number of nitrogen functional groups attached to an aromatic ring is 1. The van der Waals surface area contributed by atoms with E-state index in [1.807, 2.05) is 17.5 Å². The molecule has 1 aliphatic heterocycles. The van der Waals surface area contributed by atoms with Gasteiger partial charge in [0, 0.05) is 28.5 Å². The van der Waals surface area contributed by atoms with Gasteiger partial charge in [-0.05, 0) is 30.8 Å². The van der Waals surface area contributed by atoms with Crippen LogP contribution in [0.5, 0.6) is 0 Å². The van der Waals surface area contributed by atoms with Gasteiger partial charge in [-0.15, -0.1) is 22.7 Å². The Bertz CT molecular complexity index is 478. The highest BCUT2D eigenvalue weighted by Crippen LogP contribution is 2.36. The number of nitrogens with two attached hydrogens (primary N) is 1. The van der Waals surface area contributed by atoms with Crippen LogP contribution in [0.15, 0.2) is 23.7 Å². The predicted octanol–water partition coefficient (Wildman–Crippen LogP) is 3.12. The van der Waals surface area contributed by atoms with Gasteiger partial charge in [0.15, 0.2) is 5.13 Å². The number of thiophene rings is 1. The van der Waals surface area contributed by atoms with Gasteiger partial charge in [-0.1, -0.05) is 6.07 Å². The zero-order valence-corrected chi connectivity index (χ0v) is 11.1. The molecule has 2 N–H and O–H groups in total. The molecule has 17 heavy (non-hydrogen) atoms. The van der Waals surface area contributed by atoms with Crippen LogP contribution in [0.3, 0.4) is 0 Å². The minimum Gasteiger partial charge on any atom is -0.375 e. The quantitative estimate of drug-likeness (QED) is 0.927. The Hall–Kier alpha value is -0.910. The Morgan fingerprint density at radius 1 is 1.53 bits per heavy atom. The molecule has 0 spiro atoms. The molecule has 0 aliphatic carbocycles. The van der Waals surface area contributed by atoms with Gasteiger partial charge in [0.05, 0.1) is 0 Å². The van der Waals surface area contributed by atoms with Crippen molar-refractivity contribution in [1.82, 2.24) is 9.88 Å². The average Bonchev–Trinajstić information content (AvgIpc) is 3.00. The molecule has 0 bridgehead atoms. The lowest BCUT2D eigenvalue weighted by molar-refractivity contribution is 0.254. The Kier molecular flexibility index (Phi) is 3.13. The number of anilines is 1. The molecule has 2 aromatic rings. The summed E-state index contributed by atoms with van der Waals surface area (Å²) in [6.45, 7) is 2.16. The maximum atomic E-state index is 5.67. The molecule has 0 aromatic carbocycles. The van der Waals surface area contributed by atoms with Crippen molar-refractivity contribution in [3.05, 3.63) is 33.5 Å². The van der Waals surface area contributed by atoms with Crippen molar-refractivity contribution in [2.75, 3.05) is 12.3 Å². The van der Waals surface area contributed by atoms with Crippen molar-refractivity contribution < 1.29 is 0 Å². The summed E-state index contributed by atoms with van der Waals surface area (Å²) in [4.78, 5) is 9.41. The van der Waals surface area contributed by atoms with Crippen molar-refractivity contribution in [2.45, 2.75) is 25.4 Å². The van der Waals surface area contributed by atoms with Crippen LogP contribution in [0.4, 0.5) is 5.13 Å². The summed E-state index contributed by atoms with van der Waals surface area (Å²) in [5.74, 6) is 0. The Labute approximate surface area is 109 Å². The number of nitrogens with zero attached hydrogens (tertiary/aromatic N) is 2. The molecule has 5 heteroatoms. The van der Waals surface area contributed by atoms with E-state index in [9.17, 15) is 0 Å². The molecule has 3 rings (SSSR count). The zero-order chi connectivity index (χ0) is 11.7. The molecule has 3 heterocycles. The van der Waals surface area contributed by atoms with Crippen LogP contribution in [0.1, 0.15) is 28.6 Å². The third-order valence-corrected chi connectivity index (χ3v) is 4.95. The van der Waals surface area contributed by atoms with Crippen LogP contribution >= 0.6 is 22.7 Å². The minimum absolute atomic E-state index is 0.596. The smallest absolute Gasteiger partial charge is 0.180 e. The van der Waals surface area contributed by atoms with E-state index in [-0.39, 0.29) is 0 Å². The van der Waals surface area contributed by atoms with Crippen LogP contribution in [0.25, 0.3) is 0 Å². The van der Waals surface area contributed by atoms with Crippen LogP contribution in [-0.4, -0.2) is 16.4 Å². The van der Waals surface area contributed by atoms with E-state index >= 15 is 0 Å². The lowest BCUT2D eigenvalue weighted by Crippen LogP contribution is -2.21. The topological polar surface area (TPSA) is 42.1 Å². The number of likely N-dealkylation sites (tertiary alicyclic amines) is 1. The number of hydrogen-bond donors (Lipinski definition) is 1. The van der Waals surface area contributed by atoms with Crippen LogP contribution in [0, 0.1) is 0 Å². The summed E-state index contributed by atoms with van der Waals surface area (Å²) < 4.78 is 0. The molecule has 3 nitrogen and oxygen atoms in total. The molecule has 1 unspecified atom stereocenters. The van der Waals surface area contributed by atoms with Crippen molar-refractivity contribution in [3.8, 4) is 0 Å². The molecule has 0 amide bonds. The largest absolute Gasteiger partial charge is 0.375 e. The van der Waals surface area contributed by atoms with Crippen LogP contribution < -0.4 is 5.73 Å². The van der Waals surface area contributed by atoms with E-state index in [0.29, 0.717) is 11.2 Å². The first-order valence-corrected chi connectivity index (χ1v) is 7.50. The van der Waals surface area contributed by atoms with E-state index in [4.69, 9.17) is 5.73 Å². The second-order valence-corrected chi connectivity index (χ2v) is 6.43. The summed E-state index contributed by atoms with van der Waals surface area (Å²) in [6.07, 6.45) is 4.47. The second-order valence-electron chi connectivity index (χ2n) is 4.31. The third-order valence-electron chi connectivity index (χ3n) is 3.17. The molecule has 1 aliphatic rings. The first-order valence-electron chi connectivity index (χ1n) is 5.80. The SMILES string of the molecule is Nc1ncc(CN2CCCC2c2cccs2)s1. The van der Waals surface area contributed by atoms with Gasteiger partial charge < -0.3 is 5.73 Å². The van der Waals surface area contributed by atoms with Gasteiger partial charge in [-0.2, -0.15) is 0 Å². The molecule has 1 atom stereocenters. The highest BCUT2D eigenvalue weighted by Gasteiger charge is 2.26. The Morgan fingerprint density at radius 3 is 3.18 bits per heavy atom. The summed E-state index contributed by atoms with van der Waals surface area (Å²) in [6, 6.07) is 4.98. The van der Waals surface area contributed by atoms with Gasteiger partial charge in [-0.25, -0.2) is 4.98 Å². The first-order chi connectivity index (χ1) is 8.33. The van der Waals surface area contributed by atoms with Crippen molar-refractivity contribution in [3.63, 3.8) is 0 Å². The molecular formula is C12H15N3S2. The first kappa shape index (κ1) is 11.2. The van der Waals surface area contributed by atoms with Crippen LogP contribution in [-0.2, 0) is 6.54 Å². The van der Waals surface area contributed by atoms with Gasteiger partial charge in [0.1, 0.15) is 0 Å². The third kappa shape index (κ3) is 2.36. The lowest BCUT2D eigenvalue weighted by atomic mass is 10.2. The van der Waals surface area contributed by atoms with Gasteiger partial charge in [0.25, 0.3) is 0 Å². The average molecular weight is 265 g/mol. The van der Waals surface area contributed by atoms with Crippen LogP contribution in [0.2, 0.25) is 0 Å². The highest BCUT2D eigenvalue weighted by molar-refractivity contribution is 7.15. The monoisotopic (exact) mass is 265 g/mol. The van der Waals surface area contributed by atoms with Crippen molar-refractivity contribution >= 4 is 27.8 Å². The number of rotatable bonds is 3. The standard InChI is InChI=1S/C12H15N3S2/c13-12-14-7-9(17-12)8-15-5-1-3-10(15)11-4-2-6-16-11/h2,4,6-7,10H,1,3,5,8H2,(H2,13,14). The zero-order valence-electron chi connectivity index (χ0n) is 9.50. The van der Waals surface area contributed by atoms with E-state index in [0.717, 1.165) is 6.54 Å². The molecule has 1 saturated heterocycles. The summed E-state index contributed by atoms with van der Waals surface area (Å²) >= 11 is 3.46. The number of thiazole rings is 1. The molecule has 1 fully saturated rings. The fourth-order valence-electron chi connectivity index (χ4n) is 2.41. The molecule has 2 aromatic heterocycles.